The monoisotopic (exact) mass is 520 g/mol. The minimum Gasteiger partial charge on any atom is -0.380 e. The molecule has 0 aliphatic carbocycles. The summed E-state index contributed by atoms with van der Waals surface area (Å²) >= 11 is 0. The lowest BCUT2D eigenvalue weighted by Crippen LogP contribution is -2.36. The van der Waals surface area contributed by atoms with Gasteiger partial charge in [0.25, 0.3) is 0 Å². The maximum atomic E-state index is 13.7. The molecule has 37 heavy (non-hydrogen) atoms. The Morgan fingerprint density at radius 3 is 2.54 bits per heavy atom. The van der Waals surface area contributed by atoms with Crippen LogP contribution in [0.3, 0.4) is 0 Å². The van der Waals surface area contributed by atoms with E-state index in [4.69, 9.17) is 4.74 Å². The summed E-state index contributed by atoms with van der Waals surface area (Å²) in [6.45, 7) is -0.564. The second-order valence-electron chi connectivity index (χ2n) is 8.22. The van der Waals surface area contributed by atoms with Gasteiger partial charge in [-0.2, -0.15) is 22.0 Å². The van der Waals surface area contributed by atoms with Crippen molar-refractivity contribution in [1.82, 2.24) is 24.7 Å². The van der Waals surface area contributed by atoms with Gasteiger partial charge in [0.15, 0.2) is 5.82 Å². The van der Waals surface area contributed by atoms with Crippen molar-refractivity contribution in [2.45, 2.75) is 25.6 Å². The number of fused-ring (bicyclic) bond motifs is 1. The van der Waals surface area contributed by atoms with Crippen LogP contribution in [0.2, 0.25) is 0 Å². The zero-order valence-electron chi connectivity index (χ0n) is 19.6. The number of benzene rings is 1. The number of nitrogens with one attached hydrogen (secondary N) is 2. The molecule has 0 radical (unpaired) electrons. The third kappa shape index (κ3) is 6.36. The molecule has 1 aromatic carbocycles. The molecule has 194 valence electrons. The Bertz CT molecular complexity index is 1430. The summed E-state index contributed by atoms with van der Waals surface area (Å²) in [5.74, 6) is -3.79. The Morgan fingerprint density at radius 1 is 1.05 bits per heavy atom. The van der Waals surface area contributed by atoms with Gasteiger partial charge >= 0.3 is 18.1 Å². The fourth-order valence-electron chi connectivity index (χ4n) is 3.60. The van der Waals surface area contributed by atoms with Crippen molar-refractivity contribution < 1.29 is 31.5 Å². The van der Waals surface area contributed by atoms with Crippen molar-refractivity contribution in [2.75, 3.05) is 19.0 Å². The first-order chi connectivity index (χ1) is 17.4. The maximum absolute atomic E-state index is 13.7. The van der Waals surface area contributed by atoms with E-state index >= 15 is 0 Å². The van der Waals surface area contributed by atoms with Crippen LogP contribution in [-0.2, 0) is 17.3 Å². The predicted molar refractivity (Wildman–Crippen MR) is 125 cm³/mol. The third-order valence-corrected chi connectivity index (χ3v) is 5.16. The van der Waals surface area contributed by atoms with Gasteiger partial charge in [0, 0.05) is 43.2 Å². The summed E-state index contributed by atoms with van der Waals surface area (Å²) in [7, 11) is 1.48. The molecule has 0 saturated carbocycles. The van der Waals surface area contributed by atoms with Gasteiger partial charge in [0.2, 0.25) is 0 Å². The minimum absolute atomic E-state index is 0.186. The number of imidazole rings is 1. The van der Waals surface area contributed by atoms with E-state index in [1.807, 2.05) is 0 Å². The van der Waals surface area contributed by atoms with Crippen molar-refractivity contribution in [3.8, 4) is 22.5 Å². The summed E-state index contributed by atoms with van der Waals surface area (Å²) in [5.41, 5.74) is 3.48. The number of halogens is 5. The minimum atomic E-state index is -4.54. The van der Waals surface area contributed by atoms with Crippen molar-refractivity contribution >= 4 is 17.4 Å². The molecule has 0 atom stereocenters. The van der Waals surface area contributed by atoms with Crippen LogP contribution in [0.1, 0.15) is 18.3 Å². The van der Waals surface area contributed by atoms with Crippen molar-refractivity contribution in [3.05, 3.63) is 66.4 Å². The number of alkyl halides is 5. The van der Waals surface area contributed by atoms with Crippen LogP contribution in [0, 0.1) is 0 Å². The van der Waals surface area contributed by atoms with Crippen molar-refractivity contribution in [3.63, 3.8) is 0 Å². The molecule has 2 N–H and O–H groups in total. The fourth-order valence-corrected chi connectivity index (χ4v) is 3.60. The average molecular weight is 520 g/mol. The smallest absolute Gasteiger partial charge is 0.380 e. The van der Waals surface area contributed by atoms with E-state index in [0.717, 1.165) is 6.92 Å². The number of hydrogen-bond acceptors (Lipinski definition) is 5. The lowest BCUT2D eigenvalue weighted by atomic mass is 10.1. The summed E-state index contributed by atoms with van der Waals surface area (Å²) in [4.78, 5) is 24.0. The number of methoxy groups -OCH3 is 1. The zero-order chi connectivity index (χ0) is 26.8. The summed E-state index contributed by atoms with van der Waals surface area (Å²) in [5, 5.41) is 4.16. The molecule has 0 fully saturated rings. The van der Waals surface area contributed by atoms with Crippen molar-refractivity contribution in [1.29, 1.82) is 0 Å². The van der Waals surface area contributed by atoms with E-state index < -0.39 is 30.5 Å². The van der Waals surface area contributed by atoms with E-state index in [0.29, 0.717) is 33.7 Å². The Labute approximate surface area is 207 Å². The third-order valence-electron chi connectivity index (χ3n) is 5.16. The standard InChI is InChI=1S/C24H21F5N6O2/c1-23(25,26)21-30-5-3-18(34-21)15-4-6-35-19(11-31-20(35)10-15)16-7-14(12-37-2)8-17(9-16)33-22(36)32-13-24(27,28)29/h3-11H,12-13H2,1-2H3,(H2,32,33,36). The Kier molecular flexibility index (Phi) is 7.07. The normalized spacial score (nSPS) is 12.1. The molecule has 0 aliphatic rings. The zero-order valence-corrected chi connectivity index (χ0v) is 19.6. The number of carbonyl (C=O) groups is 1. The molecule has 0 saturated heterocycles. The molecule has 2 amide bonds. The van der Waals surface area contributed by atoms with Crippen molar-refractivity contribution in [2.24, 2.45) is 0 Å². The average Bonchev–Trinajstić information content (AvgIpc) is 3.25. The molecule has 0 unspecified atom stereocenters. The summed E-state index contributed by atoms with van der Waals surface area (Å²) < 4.78 is 71.5. The van der Waals surface area contributed by atoms with Gasteiger partial charge in [0.05, 0.1) is 24.2 Å². The number of rotatable bonds is 7. The second-order valence-corrected chi connectivity index (χ2v) is 8.22. The highest BCUT2D eigenvalue weighted by Gasteiger charge is 2.29. The molecule has 4 rings (SSSR count). The van der Waals surface area contributed by atoms with Crippen LogP contribution in [0.15, 0.2) is 55.0 Å². The quantitative estimate of drug-likeness (QED) is 0.319. The van der Waals surface area contributed by atoms with Crippen LogP contribution in [0.25, 0.3) is 28.2 Å². The van der Waals surface area contributed by atoms with Crippen LogP contribution in [-0.4, -0.2) is 45.2 Å². The van der Waals surface area contributed by atoms with E-state index in [9.17, 15) is 26.7 Å². The molecule has 13 heteroatoms. The lowest BCUT2D eigenvalue weighted by molar-refractivity contribution is -0.122. The molecular formula is C24H21F5N6O2. The molecule has 3 aromatic heterocycles. The highest BCUT2D eigenvalue weighted by atomic mass is 19.4. The number of ether oxygens (including phenoxy) is 1. The van der Waals surface area contributed by atoms with E-state index in [1.165, 1.54) is 19.4 Å². The number of urea groups is 1. The largest absolute Gasteiger partial charge is 0.405 e. The second kappa shape index (κ2) is 10.1. The first-order valence-electron chi connectivity index (χ1n) is 10.9. The predicted octanol–water partition coefficient (Wildman–Crippen LogP) is 5.40. The number of pyridine rings is 1. The number of amides is 2. The molecular weight excluding hydrogens is 499 g/mol. The van der Waals surface area contributed by atoms with E-state index in [1.54, 1.807) is 52.4 Å². The first-order valence-corrected chi connectivity index (χ1v) is 10.9. The Balaban J connectivity index is 1.66. The summed E-state index contributed by atoms with van der Waals surface area (Å²) in [6.07, 6.45) is -0.0212. The number of anilines is 1. The SMILES string of the molecule is COCc1cc(NC(=O)NCC(F)(F)F)cc(-c2cnc3cc(-c4ccnc(C(C)(F)F)n4)ccn23)c1. The van der Waals surface area contributed by atoms with Crippen LogP contribution < -0.4 is 10.6 Å². The van der Waals surface area contributed by atoms with Gasteiger partial charge in [-0.15, -0.1) is 0 Å². The maximum Gasteiger partial charge on any atom is 0.405 e. The highest BCUT2D eigenvalue weighted by molar-refractivity contribution is 5.90. The molecule has 0 bridgehead atoms. The lowest BCUT2D eigenvalue weighted by Gasteiger charge is -2.13. The molecule has 0 spiro atoms. The highest BCUT2D eigenvalue weighted by Crippen LogP contribution is 2.29. The number of hydrogen-bond donors (Lipinski definition) is 2. The van der Waals surface area contributed by atoms with Gasteiger partial charge in [0.1, 0.15) is 12.2 Å². The van der Waals surface area contributed by atoms with Crippen LogP contribution in [0.4, 0.5) is 32.4 Å². The van der Waals surface area contributed by atoms with Crippen LogP contribution in [0.5, 0.6) is 0 Å². The van der Waals surface area contributed by atoms with Gasteiger partial charge < -0.3 is 15.4 Å². The van der Waals surface area contributed by atoms with Gasteiger partial charge in [-0.1, -0.05) is 0 Å². The van der Waals surface area contributed by atoms with Gasteiger partial charge in [-0.05, 0) is 42.0 Å². The van der Waals surface area contributed by atoms with Gasteiger partial charge in [-0.25, -0.2) is 19.7 Å². The Hall–Kier alpha value is -4.13. The fraction of sp³-hybridized carbons (Fsp3) is 0.250. The molecule has 0 aliphatic heterocycles. The molecule has 3 heterocycles. The number of carbonyl (C=O) groups excluding carboxylic acids is 1. The topological polar surface area (TPSA) is 93.4 Å². The summed E-state index contributed by atoms with van der Waals surface area (Å²) in [6, 6.07) is 8.82. The van der Waals surface area contributed by atoms with Gasteiger partial charge in [-0.3, -0.25) is 4.40 Å². The number of nitrogens with zero attached hydrogens (tertiary/aromatic N) is 4. The van der Waals surface area contributed by atoms with E-state index in [-0.39, 0.29) is 12.3 Å². The molecule has 4 aromatic rings. The van der Waals surface area contributed by atoms with E-state index in [2.05, 4.69) is 20.3 Å². The first kappa shape index (κ1) is 25.9. The van der Waals surface area contributed by atoms with Crippen LogP contribution >= 0.6 is 0 Å². The molecule has 8 nitrogen and oxygen atoms in total. The number of aromatic nitrogens is 4. The Morgan fingerprint density at radius 2 is 1.84 bits per heavy atom.